The molecule has 4 nitrogen and oxygen atoms in total. The summed E-state index contributed by atoms with van der Waals surface area (Å²) >= 11 is 16.3. The van der Waals surface area contributed by atoms with Gasteiger partial charge < -0.3 is 0 Å². The van der Waals surface area contributed by atoms with Gasteiger partial charge in [0.05, 0.1) is 7.05 Å². The summed E-state index contributed by atoms with van der Waals surface area (Å²) in [7, 11) is 1.59. The summed E-state index contributed by atoms with van der Waals surface area (Å²) in [6, 6.07) is 0. The zero-order chi connectivity index (χ0) is 7.78. The van der Waals surface area contributed by atoms with Crippen LogP contribution in [0.4, 0.5) is 0 Å². The van der Waals surface area contributed by atoms with E-state index in [1.54, 1.807) is 7.05 Å². The topological polar surface area (TPSA) is 43.6 Å². The maximum atomic E-state index is 5.42. The minimum Gasteiger partial charge on any atom is -0.167 e. The molecule has 1 aromatic heterocycles. The van der Waals surface area contributed by atoms with E-state index >= 15 is 0 Å². The number of alkyl halides is 3. The number of rotatable bonds is 0. The summed E-state index contributed by atoms with van der Waals surface area (Å²) < 4.78 is -1.58. The molecule has 0 aromatic carbocycles. The lowest BCUT2D eigenvalue weighted by atomic mass is 10.7. The molecule has 0 fully saturated rings. The van der Waals surface area contributed by atoms with Gasteiger partial charge in [-0.05, 0) is 5.21 Å². The van der Waals surface area contributed by atoms with Crippen LogP contribution in [0, 0.1) is 0 Å². The Morgan fingerprint density at radius 3 is 2.20 bits per heavy atom. The van der Waals surface area contributed by atoms with Crippen LogP contribution in [-0.2, 0) is 10.8 Å². The van der Waals surface area contributed by atoms with E-state index in [-0.39, 0.29) is 5.82 Å². The van der Waals surface area contributed by atoms with E-state index in [1.807, 2.05) is 0 Å². The van der Waals surface area contributed by atoms with Crippen LogP contribution in [0.3, 0.4) is 0 Å². The molecule has 0 amide bonds. The number of tetrazole rings is 1. The van der Waals surface area contributed by atoms with Crippen LogP contribution in [0.1, 0.15) is 5.82 Å². The van der Waals surface area contributed by atoms with E-state index in [9.17, 15) is 0 Å². The third-order valence-electron chi connectivity index (χ3n) is 0.762. The van der Waals surface area contributed by atoms with Gasteiger partial charge in [0.1, 0.15) is 0 Å². The Labute approximate surface area is 72.1 Å². The smallest absolute Gasteiger partial charge is 0.167 e. The molecule has 0 unspecified atom stereocenters. The predicted molar refractivity (Wildman–Crippen MR) is 38.0 cm³/mol. The minimum absolute atomic E-state index is 0.0833. The van der Waals surface area contributed by atoms with E-state index in [1.165, 1.54) is 4.80 Å². The van der Waals surface area contributed by atoms with Gasteiger partial charge in [-0.1, -0.05) is 34.8 Å². The average molecular weight is 201 g/mol. The Hall–Kier alpha value is -0.0600. The van der Waals surface area contributed by atoms with Crippen molar-refractivity contribution >= 4 is 34.8 Å². The molecule has 0 aliphatic heterocycles. The zero-order valence-electron chi connectivity index (χ0n) is 4.92. The van der Waals surface area contributed by atoms with Crippen LogP contribution in [0.5, 0.6) is 0 Å². The summed E-state index contributed by atoms with van der Waals surface area (Å²) in [5.74, 6) is 0.0833. The molecule has 1 heterocycles. The molecule has 0 spiro atoms. The van der Waals surface area contributed by atoms with E-state index in [2.05, 4.69) is 15.4 Å². The first-order chi connectivity index (χ1) is 4.50. The van der Waals surface area contributed by atoms with Crippen molar-refractivity contribution < 1.29 is 0 Å². The highest BCUT2D eigenvalue weighted by atomic mass is 35.6. The molecule has 0 bridgehead atoms. The van der Waals surface area contributed by atoms with Crippen molar-refractivity contribution in [2.75, 3.05) is 0 Å². The van der Waals surface area contributed by atoms with Crippen molar-refractivity contribution in [3.8, 4) is 0 Å². The summed E-state index contributed by atoms with van der Waals surface area (Å²) in [6.07, 6.45) is 0. The van der Waals surface area contributed by atoms with E-state index in [0.717, 1.165) is 0 Å². The fourth-order valence-electron chi connectivity index (χ4n) is 0.398. The fraction of sp³-hybridized carbons (Fsp3) is 0.667. The summed E-state index contributed by atoms with van der Waals surface area (Å²) in [6.45, 7) is 0. The van der Waals surface area contributed by atoms with Crippen LogP contribution < -0.4 is 0 Å². The fourth-order valence-corrected chi connectivity index (χ4v) is 0.624. The van der Waals surface area contributed by atoms with Crippen molar-refractivity contribution in [3.05, 3.63) is 5.82 Å². The molecule has 7 heteroatoms. The number of nitrogens with zero attached hydrogens (tertiary/aromatic N) is 4. The number of halogens is 3. The predicted octanol–water partition coefficient (Wildman–Crippen LogP) is 1.04. The third-order valence-corrected chi connectivity index (χ3v) is 1.27. The van der Waals surface area contributed by atoms with Crippen molar-refractivity contribution in [2.45, 2.75) is 3.79 Å². The molecular formula is C3H3Cl3N4. The molecular weight excluding hydrogens is 198 g/mol. The Kier molecular flexibility index (Phi) is 2.03. The van der Waals surface area contributed by atoms with Crippen LogP contribution in [0.25, 0.3) is 0 Å². The largest absolute Gasteiger partial charge is 0.253 e. The SMILES string of the molecule is Cn1nnc(C(Cl)(Cl)Cl)n1. The van der Waals surface area contributed by atoms with E-state index in [4.69, 9.17) is 34.8 Å². The lowest BCUT2D eigenvalue weighted by molar-refractivity contribution is 0.628. The van der Waals surface area contributed by atoms with Gasteiger partial charge >= 0.3 is 0 Å². The first kappa shape index (κ1) is 8.04. The second-order valence-electron chi connectivity index (χ2n) is 1.60. The number of hydrogen-bond donors (Lipinski definition) is 0. The number of hydrogen-bond acceptors (Lipinski definition) is 3. The first-order valence-corrected chi connectivity index (χ1v) is 3.45. The molecule has 0 N–H and O–H groups in total. The molecule has 1 aromatic rings. The molecule has 0 saturated carbocycles. The molecule has 1 rings (SSSR count). The van der Waals surface area contributed by atoms with Crippen LogP contribution in [-0.4, -0.2) is 20.2 Å². The lowest BCUT2D eigenvalue weighted by Crippen LogP contribution is -2.03. The van der Waals surface area contributed by atoms with Gasteiger partial charge in [-0.2, -0.15) is 4.80 Å². The average Bonchev–Trinajstić information content (AvgIpc) is 2.11. The van der Waals surface area contributed by atoms with Gasteiger partial charge in [0, 0.05) is 0 Å². The van der Waals surface area contributed by atoms with Gasteiger partial charge in [0.15, 0.2) is 0 Å². The van der Waals surface area contributed by atoms with E-state index < -0.39 is 3.79 Å². The Morgan fingerprint density at radius 1 is 1.40 bits per heavy atom. The molecule has 0 radical (unpaired) electrons. The zero-order valence-corrected chi connectivity index (χ0v) is 7.19. The summed E-state index contributed by atoms with van der Waals surface area (Å²) in [4.78, 5) is 1.22. The van der Waals surface area contributed by atoms with Gasteiger partial charge in [-0.15, -0.1) is 10.2 Å². The Morgan fingerprint density at radius 2 is 2.00 bits per heavy atom. The van der Waals surface area contributed by atoms with Gasteiger partial charge in [0.2, 0.25) is 5.82 Å². The van der Waals surface area contributed by atoms with Crippen molar-refractivity contribution in [1.29, 1.82) is 0 Å². The van der Waals surface area contributed by atoms with Crippen LogP contribution in [0.2, 0.25) is 0 Å². The van der Waals surface area contributed by atoms with Crippen molar-refractivity contribution in [1.82, 2.24) is 20.2 Å². The summed E-state index contributed by atoms with van der Waals surface area (Å²) in [5, 5.41) is 10.7. The second-order valence-corrected chi connectivity index (χ2v) is 3.88. The lowest BCUT2D eigenvalue weighted by Gasteiger charge is -2.01. The monoisotopic (exact) mass is 200 g/mol. The highest BCUT2D eigenvalue weighted by Gasteiger charge is 2.28. The van der Waals surface area contributed by atoms with Crippen molar-refractivity contribution in [3.63, 3.8) is 0 Å². The van der Waals surface area contributed by atoms with Gasteiger partial charge in [-0.25, -0.2) is 0 Å². The number of aromatic nitrogens is 4. The second kappa shape index (κ2) is 2.53. The maximum absolute atomic E-state index is 5.42. The molecule has 0 saturated heterocycles. The van der Waals surface area contributed by atoms with Gasteiger partial charge in [0.25, 0.3) is 3.79 Å². The van der Waals surface area contributed by atoms with Crippen LogP contribution >= 0.6 is 34.8 Å². The van der Waals surface area contributed by atoms with Gasteiger partial charge in [-0.3, -0.25) is 0 Å². The highest BCUT2D eigenvalue weighted by Crippen LogP contribution is 2.34. The molecule has 56 valence electrons. The van der Waals surface area contributed by atoms with Crippen LogP contribution in [0.15, 0.2) is 0 Å². The molecule has 0 atom stereocenters. The molecule has 0 aliphatic rings. The Bertz CT molecular complexity index is 226. The molecule has 0 aliphatic carbocycles. The Balaban J connectivity index is 2.96. The van der Waals surface area contributed by atoms with Crippen molar-refractivity contribution in [2.24, 2.45) is 7.05 Å². The molecule has 10 heavy (non-hydrogen) atoms. The third kappa shape index (κ3) is 1.71. The normalized spacial score (nSPS) is 12.0. The number of aryl methyl sites for hydroxylation is 1. The minimum atomic E-state index is -1.58. The standard InChI is InChI=1S/C3H3Cl3N4/c1-10-8-2(7-9-10)3(4,5)6/h1H3. The van der Waals surface area contributed by atoms with E-state index in [0.29, 0.717) is 0 Å². The summed E-state index contributed by atoms with van der Waals surface area (Å²) in [5.41, 5.74) is 0. The maximum Gasteiger partial charge on any atom is 0.253 e. The first-order valence-electron chi connectivity index (χ1n) is 2.31. The quantitative estimate of drug-likeness (QED) is 0.589. The highest BCUT2D eigenvalue weighted by molar-refractivity contribution is 6.66.